The quantitative estimate of drug-likeness (QED) is 0.877. The van der Waals surface area contributed by atoms with Crippen LogP contribution in [-0.2, 0) is 19.4 Å². The first-order valence-electron chi connectivity index (χ1n) is 7.41. The zero-order valence-corrected chi connectivity index (χ0v) is 12.5. The first kappa shape index (κ1) is 13.8. The van der Waals surface area contributed by atoms with Gasteiger partial charge in [-0.3, -0.25) is 0 Å². The molecule has 3 heterocycles. The van der Waals surface area contributed by atoms with Gasteiger partial charge < -0.3 is 15.6 Å². The van der Waals surface area contributed by atoms with E-state index in [1.165, 1.54) is 0 Å². The Bertz CT molecular complexity index is 600. The number of rotatable bonds is 4. The molecule has 112 valence electrons. The summed E-state index contributed by atoms with van der Waals surface area (Å²) in [4.78, 5) is 8.29. The van der Waals surface area contributed by atoms with Crippen molar-refractivity contribution in [3.63, 3.8) is 0 Å². The van der Waals surface area contributed by atoms with Crippen LogP contribution in [0.5, 0.6) is 0 Å². The van der Waals surface area contributed by atoms with E-state index in [4.69, 9.17) is 5.73 Å². The van der Waals surface area contributed by atoms with Crippen LogP contribution >= 0.6 is 0 Å². The van der Waals surface area contributed by atoms with Gasteiger partial charge in [0.2, 0.25) is 5.95 Å². The van der Waals surface area contributed by atoms with Crippen LogP contribution in [0.15, 0.2) is 6.07 Å². The molecule has 3 N–H and O–H groups in total. The van der Waals surface area contributed by atoms with Gasteiger partial charge in [-0.25, -0.2) is 4.98 Å². The van der Waals surface area contributed by atoms with E-state index in [0.717, 1.165) is 55.5 Å². The van der Waals surface area contributed by atoms with Gasteiger partial charge in [0.05, 0.1) is 0 Å². The molecule has 7 heteroatoms. The Labute approximate surface area is 124 Å². The van der Waals surface area contributed by atoms with Gasteiger partial charge in [-0.1, -0.05) is 6.92 Å². The number of nitrogen functional groups attached to an aromatic ring is 1. The fourth-order valence-electron chi connectivity index (χ4n) is 2.81. The Morgan fingerprint density at radius 2 is 2.24 bits per heavy atom. The maximum absolute atomic E-state index is 5.67. The van der Waals surface area contributed by atoms with Crippen molar-refractivity contribution in [2.45, 2.75) is 39.7 Å². The van der Waals surface area contributed by atoms with Gasteiger partial charge in [0.1, 0.15) is 17.5 Å². The maximum Gasteiger partial charge on any atom is 0.222 e. The molecular weight excluding hydrogens is 266 g/mol. The first-order chi connectivity index (χ1) is 10.2. The largest absolute Gasteiger partial charge is 0.370 e. The van der Waals surface area contributed by atoms with Crippen LogP contribution in [-0.4, -0.2) is 31.3 Å². The van der Waals surface area contributed by atoms with Gasteiger partial charge in [-0.15, -0.1) is 10.2 Å². The van der Waals surface area contributed by atoms with Crippen molar-refractivity contribution in [1.82, 2.24) is 24.7 Å². The van der Waals surface area contributed by atoms with Crippen LogP contribution in [0.25, 0.3) is 0 Å². The van der Waals surface area contributed by atoms with Crippen LogP contribution in [0.4, 0.5) is 11.8 Å². The number of aromatic nitrogens is 5. The summed E-state index contributed by atoms with van der Waals surface area (Å²) in [7, 11) is 0. The van der Waals surface area contributed by atoms with E-state index in [1.807, 2.05) is 13.0 Å². The highest BCUT2D eigenvalue weighted by molar-refractivity contribution is 5.40. The zero-order valence-electron chi connectivity index (χ0n) is 12.5. The maximum atomic E-state index is 5.67. The minimum absolute atomic E-state index is 0.315. The topological polar surface area (TPSA) is 94.5 Å². The highest BCUT2D eigenvalue weighted by Crippen LogP contribution is 2.21. The number of fused-ring (bicyclic) bond motifs is 1. The lowest BCUT2D eigenvalue weighted by Gasteiger charge is -2.24. The lowest BCUT2D eigenvalue weighted by Crippen LogP contribution is -2.27. The van der Waals surface area contributed by atoms with Crippen molar-refractivity contribution in [2.24, 2.45) is 5.92 Å². The monoisotopic (exact) mass is 287 g/mol. The van der Waals surface area contributed by atoms with Gasteiger partial charge >= 0.3 is 0 Å². The summed E-state index contributed by atoms with van der Waals surface area (Å²) in [5, 5.41) is 11.9. The fraction of sp³-hybridized carbons (Fsp3) is 0.571. The van der Waals surface area contributed by atoms with E-state index in [0.29, 0.717) is 11.9 Å². The summed E-state index contributed by atoms with van der Waals surface area (Å²) in [5.74, 6) is 3.86. The fourth-order valence-corrected chi connectivity index (χ4v) is 2.81. The third kappa shape index (κ3) is 2.96. The molecule has 0 amide bonds. The minimum atomic E-state index is 0.315. The second kappa shape index (κ2) is 5.67. The molecule has 0 aliphatic carbocycles. The lowest BCUT2D eigenvalue weighted by molar-refractivity contribution is 0.374. The third-order valence-electron chi connectivity index (χ3n) is 3.88. The first-order valence-corrected chi connectivity index (χ1v) is 7.41. The Morgan fingerprint density at radius 3 is 3.00 bits per heavy atom. The van der Waals surface area contributed by atoms with E-state index in [2.05, 4.69) is 37.0 Å². The van der Waals surface area contributed by atoms with E-state index in [9.17, 15) is 0 Å². The van der Waals surface area contributed by atoms with Crippen LogP contribution in [0.3, 0.4) is 0 Å². The van der Waals surface area contributed by atoms with Crippen molar-refractivity contribution in [3.8, 4) is 0 Å². The number of nitrogens with two attached hydrogens (primary N) is 1. The van der Waals surface area contributed by atoms with Crippen molar-refractivity contribution in [2.75, 3.05) is 17.6 Å². The van der Waals surface area contributed by atoms with Gasteiger partial charge in [0, 0.05) is 37.7 Å². The van der Waals surface area contributed by atoms with E-state index >= 15 is 0 Å². The smallest absolute Gasteiger partial charge is 0.222 e. The number of hydrogen-bond donors (Lipinski definition) is 2. The van der Waals surface area contributed by atoms with Gasteiger partial charge in [-0.05, 0) is 19.3 Å². The number of hydrogen-bond acceptors (Lipinski definition) is 6. The Morgan fingerprint density at radius 1 is 1.38 bits per heavy atom. The molecule has 0 saturated heterocycles. The molecule has 1 atom stereocenters. The van der Waals surface area contributed by atoms with Crippen LogP contribution < -0.4 is 11.1 Å². The molecule has 0 aromatic carbocycles. The van der Waals surface area contributed by atoms with E-state index in [1.54, 1.807) is 0 Å². The van der Waals surface area contributed by atoms with Crippen LogP contribution in [0, 0.1) is 12.8 Å². The summed E-state index contributed by atoms with van der Waals surface area (Å²) in [6.45, 7) is 5.88. The molecule has 21 heavy (non-hydrogen) atoms. The second-order valence-corrected chi connectivity index (χ2v) is 5.53. The molecule has 0 fully saturated rings. The molecule has 0 bridgehead atoms. The van der Waals surface area contributed by atoms with Gasteiger partial charge in [0.25, 0.3) is 0 Å². The normalized spacial score (nSPS) is 17.5. The van der Waals surface area contributed by atoms with Crippen molar-refractivity contribution < 1.29 is 0 Å². The molecule has 1 unspecified atom stereocenters. The molecule has 0 radical (unpaired) electrons. The minimum Gasteiger partial charge on any atom is -0.370 e. The van der Waals surface area contributed by atoms with Crippen molar-refractivity contribution in [1.29, 1.82) is 0 Å². The van der Waals surface area contributed by atoms with Crippen molar-refractivity contribution >= 4 is 11.8 Å². The molecular formula is C14H21N7. The molecule has 2 aromatic rings. The average Bonchev–Trinajstić information content (AvgIpc) is 2.86. The van der Waals surface area contributed by atoms with E-state index < -0.39 is 0 Å². The highest BCUT2D eigenvalue weighted by Gasteiger charge is 2.22. The Kier molecular flexibility index (Phi) is 3.72. The number of nitrogens with zero attached hydrogens (tertiary/aromatic N) is 5. The third-order valence-corrected chi connectivity index (χ3v) is 3.88. The number of nitrogens with one attached hydrogen (secondary N) is 1. The summed E-state index contributed by atoms with van der Waals surface area (Å²) in [5.41, 5.74) is 6.55. The summed E-state index contributed by atoms with van der Waals surface area (Å²) in [6, 6.07) is 1.92. The standard InChI is InChI=1S/C14H21N7/c1-3-12-19-20-13-5-4-10(8-21(12)13)7-16-11-6-9(2)17-14(15)18-11/h6,10H,3-5,7-8H2,1-2H3,(H3,15,16,17,18). The number of aryl methyl sites for hydroxylation is 3. The summed E-state index contributed by atoms with van der Waals surface area (Å²) < 4.78 is 2.26. The number of anilines is 2. The van der Waals surface area contributed by atoms with Gasteiger partial charge in [0.15, 0.2) is 0 Å². The molecule has 7 nitrogen and oxygen atoms in total. The van der Waals surface area contributed by atoms with Gasteiger partial charge in [-0.2, -0.15) is 4.98 Å². The highest BCUT2D eigenvalue weighted by atomic mass is 15.3. The zero-order chi connectivity index (χ0) is 14.8. The molecule has 1 aliphatic rings. The van der Waals surface area contributed by atoms with Crippen molar-refractivity contribution in [3.05, 3.63) is 23.4 Å². The predicted molar refractivity (Wildman–Crippen MR) is 80.9 cm³/mol. The lowest BCUT2D eigenvalue weighted by atomic mass is 9.99. The second-order valence-electron chi connectivity index (χ2n) is 5.53. The molecule has 0 spiro atoms. The molecule has 2 aromatic heterocycles. The Hall–Kier alpha value is -2.18. The Balaban J connectivity index is 1.64. The average molecular weight is 287 g/mol. The summed E-state index contributed by atoms with van der Waals surface area (Å²) in [6.07, 6.45) is 3.04. The molecule has 3 rings (SSSR count). The molecule has 1 aliphatic heterocycles. The predicted octanol–water partition coefficient (Wildman–Crippen LogP) is 1.20. The summed E-state index contributed by atoms with van der Waals surface area (Å²) >= 11 is 0. The SMILES string of the molecule is CCc1nnc2n1CC(CNc1cc(C)nc(N)n1)CC2. The van der Waals surface area contributed by atoms with Crippen LogP contribution in [0.1, 0.15) is 30.7 Å². The molecule has 0 saturated carbocycles. The van der Waals surface area contributed by atoms with E-state index in [-0.39, 0.29) is 0 Å². The van der Waals surface area contributed by atoms with Crippen LogP contribution in [0.2, 0.25) is 0 Å².